The Morgan fingerprint density at radius 3 is 1.91 bits per heavy atom. The number of nitrogens with one attached hydrogen (secondary N) is 3. The van der Waals surface area contributed by atoms with Crippen molar-refractivity contribution in [3.8, 4) is 11.5 Å². The van der Waals surface area contributed by atoms with Gasteiger partial charge in [0.15, 0.2) is 29.7 Å². The minimum absolute atomic E-state index is 0.000664. The Kier molecular flexibility index (Phi) is 23.2. The van der Waals surface area contributed by atoms with Crippen molar-refractivity contribution in [3.63, 3.8) is 0 Å². The Morgan fingerprint density at radius 1 is 0.756 bits per heavy atom. The smallest absolute Gasteiger partial charge is 0.409 e. The number of carbonyl (C=O) groups excluding carboxylic acids is 5. The number of aromatic nitrogens is 4. The quantitative estimate of drug-likeness (QED) is 0.0154. The summed E-state index contributed by atoms with van der Waals surface area (Å²) in [5, 5.41) is 5.31. The fourth-order valence-corrected chi connectivity index (χ4v) is 12.6. The Hall–Kier alpha value is -7.13. The topological polar surface area (TPSA) is 304 Å². The van der Waals surface area contributed by atoms with Crippen LogP contribution in [0.5, 0.6) is 11.5 Å². The maximum atomic E-state index is 15.9. The van der Waals surface area contributed by atoms with Gasteiger partial charge in [0.2, 0.25) is 17.8 Å². The van der Waals surface area contributed by atoms with Gasteiger partial charge in [-0.15, -0.1) is 0 Å². The lowest BCUT2D eigenvalue weighted by atomic mass is 9.80. The van der Waals surface area contributed by atoms with Gasteiger partial charge in [0.05, 0.1) is 53.6 Å². The normalized spacial score (nSPS) is 21.3. The third-order valence-electron chi connectivity index (χ3n) is 14.0. The molecule has 2 aromatic heterocycles. The Labute approximate surface area is 498 Å². The first-order valence-corrected chi connectivity index (χ1v) is 29.7. The molecular formula is C59H78N7O19P. The lowest BCUT2D eigenvalue weighted by Crippen LogP contribution is -2.66. The van der Waals surface area contributed by atoms with E-state index in [9.17, 15) is 28.8 Å². The van der Waals surface area contributed by atoms with Gasteiger partial charge in [0.25, 0.3) is 5.56 Å². The average Bonchev–Trinajstić information content (AvgIpc) is 1.18. The number of methoxy groups -OCH3 is 2. The molecule has 7 rings (SSSR count). The highest BCUT2D eigenvalue weighted by Gasteiger charge is 2.52. The van der Waals surface area contributed by atoms with E-state index in [0.717, 1.165) is 30.5 Å². The molecular weight excluding hydrogens is 1140 g/mol. The van der Waals surface area contributed by atoms with Crippen molar-refractivity contribution in [2.45, 2.75) is 142 Å². The summed E-state index contributed by atoms with van der Waals surface area (Å²) in [5.41, 5.74) is 0.352. The Balaban J connectivity index is 1.18. The zero-order valence-corrected chi connectivity index (χ0v) is 51.3. The maximum Gasteiger partial charge on any atom is 0.409 e. The molecule has 2 saturated heterocycles. The van der Waals surface area contributed by atoms with Crippen LogP contribution in [-0.2, 0) is 81.1 Å². The summed E-state index contributed by atoms with van der Waals surface area (Å²) >= 11 is 0. The molecule has 9 atom stereocenters. The van der Waals surface area contributed by atoms with Crippen molar-refractivity contribution in [1.82, 2.24) is 29.5 Å². The first-order chi connectivity index (χ1) is 41.0. The zero-order chi connectivity index (χ0) is 62.5. The molecule has 0 aliphatic carbocycles. The number of hydrogen-bond donors (Lipinski definition) is 3. The van der Waals surface area contributed by atoms with Gasteiger partial charge in [-0.05, 0) is 68.7 Å². The molecule has 86 heavy (non-hydrogen) atoms. The molecule has 0 saturated carbocycles. The molecule has 26 nitrogen and oxygen atoms in total. The van der Waals surface area contributed by atoms with Crippen molar-refractivity contribution in [1.29, 1.82) is 0 Å². The number of aromatic amines is 1. The number of anilines is 1. The van der Waals surface area contributed by atoms with Gasteiger partial charge in [-0.1, -0.05) is 68.4 Å². The molecule has 0 spiro atoms. The van der Waals surface area contributed by atoms with Crippen LogP contribution >= 0.6 is 7.75 Å². The number of imidazole rings is 1. The molecule has 1 unspecified atom stereocenters. The molecule has 4 heterocycles. The van der Waals surface area contributed by atoms with Crippen LogP contribution in [0.25, 0.3) is 11.2 Å². The van der Waals surface area contributed by atoms with Crippen LogP contribution in [0, 0.1) is 5.92 Å². The number of hydrogen-bond acceptors (Lipinski definition) is 21. The zero-order valence-electron chi connectivity index (χ0n) is 50.4. The molecule has 0 bridgehead atoms. The fraction of sp³-hybridized carbons (Fsp3) is 0.525. The first-order valence-electron chi connectivity index (χ1n) is 28.2. The second-order valence-electron chi connectivity index (χ2n) is 21.3. The van der Waals surface area contributed by atoms with Crippen molar-refractivity contribution >= 4 is 54.6 Å². The second kappa shape index (κ2) is 30.0. The summed E-state index contributed by atoms with van der Waals surface area (Å²) in [6.45, 7) is 14.2. The largest absolute Gasteiger partial charge is 0.497 e. The van der Waals surface area contributed by atoms with Crippen LogP contribution in [0.3, 0.4) is 0 Å². The van der Waals surface area contributed by atoms with E-state index in [1.165, 1.54) is 20.2 Å². The number of esters is 3. The van der Waals surface area contributed by atoms with E-state index in [0.29, 0.717) is 11.5 Å². The molecule has 27 heteroatoms. The van der Waals surface area contributed by atoms with E-state index in [-0.39, 0.29) is 62.5 Å². The van der Waals surface area contributed by atoms with E-state index in [1.807, 2.05) is 107 Å². The Morgan fingerprint density at radius 2 is 1.35 bits per heavy atom. The predicted octanol–water partition coefficient (Wildman–Crippen LogP) is 6.35. The van der Waals surface area contributed by atoms with Gasteiger partial charge in [-0.2, -0.15) is 4.98 Å². The molecule has 3 aromatic carbocycles. The van der Waals surface area contributed by atoms with Gasteiger partial charge in [0.1, 0.15) is 54.3 Å². The second-order valence-corrected chi connectivity index (χ2v) is 23.1. The summed E-state index contributed by atoms with van der Waals surface area (Å²) in [5.74, 6) is -2.39. The van der Waals surface area contributed by atoms with Gasteiger partial charge < -0.3 is 52.7 Å². The number of carbonyl (C=O) groups is 5. The standard InChI is InChI=1S/C59H78N7O19P/c1-34(2)55(71)63-58-62-54-51(56(72)64-58)60-33-65(54)49-30-46(47(83-49)32-79-59(41-16-14-13-15-17-41,42-18-22-44(74-11)23-19-42)43-20-24-45(75-12)25-21-43)85-86(73,66(35(3)4)36(5)6)80-29-27-76-26-28-77-57-50(61-37(7)67)53(82-40(10)70)52(81-39(9)69)48(84-57)31-78-38(8)68/h13-25,33-36,46-50,52-53,57H,26-32H2,1-12H3,(H,61,67)(H2,62,63,64,71,72)/t46-,47+,48+,49+,50+,52-,53+,57+,86?/m0/s1. The minimum Gasteiger partial charge on any atom is -0.497 e. The number of rotatable bonds is 29. The minimum atomic E-state index is -4.39. The summed E-state index contributed by atoms with van der Waals surface area (Å²) in [6.07, 6.45) is -6.81. The molecule has 2 aliphatic rings. The van der Waals surface area contributed by atoms with Crippen LogP contribution in [0.15, 0.2) is 90.0 Å². The highest BCUT2D eigenvalue weighted by molar-refractivity contribution is 7.51. The van der Waals surface area contributed by atoms with Crippen LogP contribution in [-0.4, -0.2) is 163 Å². The summed E-state index contributed by atoms with van der Waals surface area (Å²) < 4.78 is 92.1. The van der Waals surface area contributed by atoms with Gasteiger partial charge in [-0.25, -0.2) is 14.2 Å². The number of amides is 2. The van der Waals surface area contributed by atoms with Crippen molar-refractivity contribution in [3.05, 3.63) is 112 Å². The SMILES string of the molecule is COc1ccc(C(OC[C@H]2O[C@@H](n3cnc4c(=O)[nH]c(NC(=O)C(C)C)nc43)C[C@@H]2OP(=O)(OCCOCCO[C@@H]2O[C@H](COC(C)=O)[C@H](OC(C)=O)[C@H](OC(C)=O)[C@H]2NC(C)=O)N(C(C)C)C(C)C)(c2ccccc2)c2ccc(OC)cc2)cc1. The van der Waals surface area contributed by atoms with Crippen LogP contribution in [0.4, 0.5) is 5.95 Å². The van der Waals surface area contributed by atoms with E-state index in [2.05, 4.69) is 25.6 Å². The average molecular weight is 1220 g/mol. The predicted molar refractivity (Wildman–Crippen MR) is 310 cm³/mol. The van der Waals surface area contributed by atoms with E-state index < -0.39 is 116 Å². The molecule has 2 amide bonds. The summed E-state index contributed by atoms with van der Waals surface area (Å²) in [6, 6.07) is 22.6. The lowest BCUT2D eigenvalue weighted by molar-refractivity contribution is -0.279. The number of H-pyrrole nitrogens is 1. The number of ether oxygens (including phenoxy) is 10. The summed E-state index contributed by atoms with van der Waals surface area (Å²) in [7, 11) is -1.23. The number of nitrogens with zero attached hydrogens (tertiary/aromatic N) is 4. The molecule has 2 fully saturated rings. The van der Waals surface area contributed by atoms with Crippen molar-refractivity contribution in [2.75, 3.05) is 59.2 Å². The highest BCUT2D eigenvalue weighted by Crippen LogP contribution is 2.57. The number of fused-ring (bicyclic) bond motifs is 1. The highest BCUT2D eigenvalue weighted by atomic mass is 31.2. The van der Waals surface area contributed by atoms with Gasteiger partial charge in [-0.3, -0.25) is 52.7 Å². The van der Waals surface area contributed by atoms with E-state index in [1.54, 1.807) is 37.3 Å². The number of benzene rings is 3. The Bertz CT molecular complexity index is 3140. The van der Waals surface area contributed by atoms with Crippen LogP contribution in [0.1, 0.15) is 98.6 Å². The van der Waals surface area contributed by atoms with Gasteiger partial charge >= 0.3 is 25.7 Å². The molecule has 5 aromatic rings. The van der Waals surface area contributed by atoms with Crippen LogP contribution in [0.2, 0.25) is 0 Å². The molecule has 3 N–H and O–H groups in total. The maximum absolute atomic E-state index is 15.9. The third-order valence-corrected chi connectivity index (χ3v) is 16.5. The van der Waals surface area contributed by atoms with Crippen molar-refractivity contribution in [2.24, 2.45) is 5.92 Å². The molecule has 0 radical (unpaired) electrons. The fourth-order valence-electron chi connectivity index (χ4n) is 10.3. The van der Waals surface area contributed by atoms with Crippen LogP contribution < -0.4 is 25.7 Å². The van der Waals surface area contributed by atoms with E-state index >= 15 is 4.57 Å². The summed E-state index contributed by atoms with van der Waals surface area (Å²) in [4.78, 5) is 86.8. The monoisotopic (exact) mass is 1220 g/mol. The lowest BCUT2D eigenvalue weighted by Gasteiger charge is -2.44. The molecule has 2 aliphatic heterocycles. The van der Waals surface area contributed by atoms with Gasteiger partial charge in [0, 0.05) is 52.1 Å². The van der Waals surface area contributed by atoms with E-state index in [4.69, 9.17) is 56.4 Å². The first kappa shape index (κ1) is 66.4. The van der Waals surface area contributed by atoms with Crippen molar-refractivity contribution < 1.29 is 85.0 Å². The third kappa shape index (κ3) is 16.3. The molecule has 468 valence electrons.